The van der Waals surface area contributed by atoms with Crippen molar-refractivity contribution in [1.29, 1.82) is 0 Å². The molecule has 0 spiro atoms. The first-order valence-electron chi connectivity index (χ1n) is 9.05. The summed E-state index contributed by atoms with van der Waals surface area (Å²) in [5.41, 5.74) is 2.17. The number of aromatic nitrogens is 2. The Morgan fingerprint density at radius 2 is 1.84 bits per heavy atom. The number of aryl methyl sites for hydroxylation is 1. The molecule has 1 aromatic heterocycles. The molecule has 3 aromatic rings. The highest BCUT2D eigenvalue weighted by Gasteiger charge is 2.14. The Morgan fingerprint density at radius 1 is 1.13 bits per heavy atom. The number of ether oxygens (including phenoxy) is 1. The fraction of sp³-hybridized carbons (Fsp3) is 0.136. The van der Waals surface area contributed by atoms with Crippen LogP contribution in [0.3, 0.4) is 0 Å². The van der Waals surface area contributed by atoms with Crippen LogP contribution >= 0.6 is 34.8 Å². The molecule has 5 nitrogen and oxygen atoms in total. The van der Waals surface area contributed by atoms with Crippen LogP contribution < -0.4 is 0 Å². The predicted molar refractivity (Wildman–Crippen MR) is 118 cm³/mol. The lowest BCUT2D eigenvalue weighted by Gasteiger charge is -2.06. The monoisotopic (exact) mass is 480 g/mol. The third kappa shape index (κ3) is 5.94. The molecule has 0 amide bonds. The van der Waals surface area contributed by atoms with Gasteiger partial charge in [-0.3, -0.25) is 4.79 Å². The average Bonchev–Trinajstić information content (AvgIpc) is 2.99. The Balaban J connectivity index is 1.64. The zero-order chi connectivity index (χ0) is 22.5. The highest BCUT2D eigenvalue weighted by atomic mass is 35.5. The van der Waals surface area contributed by atoms with Crippen molar-refractivity contribution in [3.8, 4) is 0 Å². The van der Waals surface area contributed by atoms with Gasteiger partial charge in [-0.15, -0.1) is 0 Å². The molecule has 0 aliphatic heterocycles. The number of ketones is 1. The van der Waals surface area contributed by atoms with Crippen molar-refractivity contribution in [1.82, 2.24) is 9.78 Å². The third-order valence-electron chi connectivity index (χ3n) is 4.34. The maximum atomic E-state index is 12.9. The molecular weight excluding hydrogens is 466 g/mol. The van der Waals surface area contributed by atoms with Crippen LogP contribution in [-0.2, 0) is 16.1 Å². The fourth-order valence-electron chi connectivity index (χ4n) is 2.73. The Hall–Kier alpha value is -2.67. The largest absolute Gasteiger partial charge is 0.454 e. The number of hydrogen-bond donors (Lipinski definition) is 0. The number of carbonyl (C=O) groups excluding carboxylic acids is 2. The van der Waals surface area contributed by atoms with E-state index >= 15 is 0 Å². The van der Waals surface area contributed by atoms with Crippen molar-refractivity contribution < 1.29 is 18.7 Å². The van der Waals surface area contributed by atoms with E-state index < -0.39 is 24.2 Å². The van der Waals surface area contributed by atoms with E-state index in [2.05, 4.69) is 5.10 Å². The van der Waals surface area contributed by atoms with E-state index in [-0.39, 0.29) is 5.56 Å². The number of nitrogens with zero attached hydrogens (tertiary/aromatic N) is 2. The summed E-state index contributed by atoms with van der Waals surface area (Å²) in [6.45, 7) is 1.60. The number of carbonyl (C=O) groups is 2. The van der Waals surface area contributed by atoms with E-state index in [9.17, 15) is 14.0 Å². The van der Waals surface area contributed by atoms with Crippen LogP contribution in [0, 0.1) is 12.7 Å². The van der Waals surface area contributed by atoms with Crippen LogP contribution in [0.1, 0.15) is 27.2 Å². The Bertz CT molecular complexity index is 1160. The summed E-state index contributed by atoms with van der Waals surface area (Å²) in [5, 5.41) is 5.70. The van der Waals surface area contributed by atoms with Gasteiger partial charge in [-0.2, -0.15) is 5.10 Å². The molecule has 0 saturated carbocycles. The van der Waals surface area contributed by atoms with Gasteiger partial charge in [-0.05, 0) is 55.0 Å². The highest BCUT2D eigenvalue weighted by Crippen LogP contribution is 2.26. The smallest absolute Gasteiger partial charge is 0.331 e. The summed E-state index contributed by atoms with van der Waals surface area (Å²) in [4.78, 5) is 24.0. The van der Waals surface area contributed by atoms with Gasteiger partial charge in [0, 0.05) is 27.2 Å². The van der Waals surface area contributed by atoms with E-state index in [0.29, 0.717) is 33.0 Å². The topological polar surface area (TPSA) is 61.2 Å². The SMILES string of the molecule is Cc1nn(Cc2ccc(Cl)cc2Cl)c(Cl)c1C=CC(=O)OCC(=O)c1ccc(F)cc1. The first kappa shape index (κ1) is 23.0. The average molecular weight is 482 g/mol. The number of halogens is 4. The molecule has 0 N–H and O–H groups in total. The number of hydrogen-bond acceptors (Lipinski definition) is 4. The van der Waals surface area contributed by atoms with Gasteiger partial charge in [0.1, 0.15) is 11.0 Å². The molecule has 9 heteroatoms. The minimum atomic E-state index is -0.723. The third-order valence-corrected chi connectivity index (χ3v) is 5.33. The highest BCUT2D eigenvalue weighted by molar-refractivity contribution is 6.35. The summed E-state index contributed by atoms with van der Waals surface area (Å²) in [6.07, 6.45) is 2.63. The van der Waals surface area contributed by atoms with E-state index in [0.717, 1.165) is 23.8 Å². The summed E-state index contributed by atoms with van der Waals surface area (Å²) in [7, 11) is 0. The molecule has 0 bridgehead atoms. The van der Waals surface area contributed by atoms with Crippen LogP contribution in [-0.4, -0.2) is 28.1 Å². The normalized spacial score (nSPS) is 11.1. The molecule has 1 heterocycles. The second kappa shape index (κ2) is 10.1. The standard InChI is InChI=1S/C22H16Cl3FN2O3/c1-13-18(22(25)28(27-13)11-15-2-5-16(23)10-19(15)24)8-9-21(30)31-12-20(29)14-3-6-17(26)7-4-14/h2-10H,11-12H2,1H3. The Morgan fingerprint density at radius 3 is 2.52 bits per heavy atom. The first-order valence-corrected chi connectivity index (χ1v) is 10.2. The zero-order valence-corrected chi connectivity index (χ0v) is 18.5. The van der Waals surface area contributed by atoms with Gasteiger partial charge in [-0.1, -0.05) is 40.9 Å². The van der Waals surface area contributed by atoms with Crippen molar-refractivity contribution in [2.45, 2.75) is 13.5 Å². The Kier molecular flexibility index (Phi) is 7.49. The minimum absolute atomic E-state index is 0.249. The van der Waals surface area contributed by atoms with Crippen molar-refractivity contribution in [3.05, 3.63) is 91.9 Å². The first-order chi connectivity index (χ1) is 14.7. The molecule has 0 atom stereocenters. The number of rotatable bonds is 7. The van der Waals surface area contributed by atoms with E-state index in [1.165, 1.54) is 18.2 Å². The van der Waals surface area contributed by atoms with Crippen molar-refractivity contribution in [3.63, 3.8) is 0 Å². The quantitative estimate of drug-likeness (QED) is 0.244. The zero-order valence-electron chi connectivity index (χ0n) is 16.2. The summed E-state index contributed by atoms with van der Waals surface area (Å²) in [5.74, 6) is -1.62. The molecule has 0 aliphatic rings. The van der Waals surface area contributed by atoms with Crippen LogP contribution in [0.15, 0.2) is 48.5 Å². The van der Waals surface area contributed by atoms with Gasteiger partial charge in [-0.25, -0.2) is 13.9 Å². The van der Waals surface area contributed by atoms with Crippen LogP contribution in [0.5, 0.6) is 0 Å². The molecule has 0 aliphatic carbocycles. The van der Waals surface area contributed by atoms with Crippen LogP contribution in [0.25, 0.3) is 6.08 Å². The molecule has 0 fully saturated rings. The van der Waals surface area contributed by atoms with Gasteiger partial charge < -0.3 is 4.74 Å². The molecule has 2 aromatic carbocycles. The number of Topliss-reactive ketones (excluding diaryl/α,β-unsaturated/α-hetero) is 1. The lowest BCUT2D eigenvalue weighted by molar-refractivity contribution is -0.136. The molecular formula is C22H16Cl3FN2O3. The second-order valence-electron chi connectivity index (χ2n) is 6.55. The number of esters is 1. The summed E-state index contributed by atoms with van der Waals surface area (Å²) >= 11 is 18.5. The summed E-state index contributed by atoms with van der Waals surface area (Å²) in [6, 6.07) is 10.1. The lowest BCUT2D eigenvalue weighted by Crippen LogP contribution is -2.12. The minimum Gasteiger partial charge on any atom is -0.454 e. The molecule has 3 rings (SSSR count). The van der Waals surface area contributed by atoms with Crippen molar-refractivity contribution >= 4 is 52.6 Å². The van der Waals surface area contributed by atoms with Crippen molar-refractivity contribution in [2.75, 3.05) is 6.61 Å². The Labute approximate surface area is 193 Å². The lowest BCUT2D eigenvalue weighted by atomic mass is 10.1. The molecule has 0 saturated heterocycles. The molecule has 160 valence electrons. The summed E-state index contributed by atoms with van der Waals surface area (Å²) < 4.78 is 19.4. The van der Waals surface area contributed by atoms with Gasteiger partial charge in [0.15, 0.2) is 12.4 Å². The van der Waals surface area contributed by atoms with E-state index in [1.807, 2.05) is 0 Å². The maximum Gasteiger partial charge on any atom is 0.331 e. The van der Waals surface area contributed by atoms with Crippen molar-refractivity contribution in [2.24, 2.45) is 0 Å². The van der Waals surface area contributed by atoms with Crippen LogP contribution in [0.2, 0.25) is 15.2 Å². The second-order valence-corrected chi connectivity index (χ2v) is 7.76. The van der Waals surface area contributed by atoms with Gasteiger partial charge >= 0.3 is 5.97 Å². The van der Waals surface area contributed by atoms with Gasteiger partial charge in [0.25, 0.3) is 0 Å². The molecule has 0 unspecified atom stereocenters. The van der Waals surface area contributed by atoms with Gasteiger partial charge in [0.05, 0.1) is 12.2 Å². The predicted octanol–water partition coefficient (Wildman–Crippen LogP) is 5.78. The number of benzene rings is 2. The van der Waals surface area contributed by atoms with Crippen LogP contribution in [0.4, 0.5) is 4.39 Å². The molecule has 0 radical (unpaired) electrons. The van der Waals surface area contributed by atoms with E-state index in [1.54, 1.807) is 29.8 Å². The maximum absolute atomic E-state index is 12.9. The fourth-order valence-corrected chi connectivity index (χ4v) is 3.49. The van der Waals surface area contributed by atoms with Gasteiger partial charge in [0.2, 0.25) is 0 Å². The molecule has 31 heavy (non-hydrogen) atoms. The van der Waals surface area contributed by atoms with E-state index in [4.69, 9.17) is 39.5 Å².